The van der Waals surface area contributed by atoms with E-state index in [2.05, 4.69) is 0 Å². The van der Waals surface area contributed by atoms with E-state index in [1.807, 2.05) is 0 Å². The van der Waals surface area contributed by atoms with Crippen molar-refractivity contribution in [2.75, 3.05) is 0 Å². The van der Waals surface area contributed by atoms with E-state index >= 15 is 0 Å². The average Bonchev–Trinajstić information content (AvgIpc) is 2.76. The largest absolute Gasteiger partial charge is 0.417 e. The molecule has 0 atom stereocenters. The lowest BCUT2D eigenvalue weighted by Crippen LogP contribution is -2.04. The smallest absolute Gasteiger partial charge is 0.349 e. The first-order chi connectivity index (χ1) is 9.27. The van der Waals surface area contributed by atoms with Crippen LogP contribution in [0.2, 0.25) is 5.02 Å². The van der Waals surface area contributed by atoms with Crippen molar-refractivity contribution >= 4 is 17.3 Å². The molecule has 0 aliphatic rings. The van der Waals surface area contributed by atoms with E-state index in [1.54, 1.807) is 0 Å². The van der Waals surface area contributed by atoms with Crippen LogP contribution in [-0.4, -0.2) is 9.49 Å². The maximum Gasteiger partial charge on any atom is 0.417 e. The highest BCUT2D eigenvalue weighted by Gasteiger charge is 2.31. The minimum absolute atomic E-state index is 0.0625. The van der Waals surface area contributed by atoms with E-state index in [-0.39, 0.29) is 22.8 Å². The standard InChI is InChI=1S/C12H8ClF3N2O2/c13-10-1-2-11(18(19)20)8(5-10)6-17-4-3-9(7-17)12(14,15)16/h1-5,7H,6H2. The fourth-order valence-corrected chi connectivity index (χ4v) is 1.96. The number of alkyl halides is 3. The maximum atomic E-state index is 12.5. The zero-order valence-corrected chi connectivity index (χ0v) is 10.6. The second-order valence-electron chi connectivity index (χ2n) is 4.10. The molecule has 0 unspecified atom stereocenters. The highest BCUT2D eigenvalue weighted by Crippen LogP contribution is 2.30. The predicted octanol–water partition coefficient (Wildman–Crippen LogP) is 4.12. The van der Waals surface area contributed by atoms with Crippen LogP contribution in [0, 0.1) is 10.1 Å². The van der Waals surface area contributed by atoms with Gasteiger partial charge in [-0.05, 0) is 18.2 Å². The Morgan fingerprint density at radius 2 is 2.00 bits per heavy atom. The Balaban J connectivity index is 2.32. The van der Waals surface area contributed by atoms with Crippen molar-refractivity contribution in [3.8, 4) is 0 Å². The van der Waals surface area contributed by atoms with Crippen molar-refractivity contribution in [2.24, 2.45) is 0 Å². The molecule has 106 valence electrons. The van der Waals surface area contributed by atoms with E-state index in [0.717, 1.165) is 12.3 Å². The van der Waals surface area contributed by atoms with E-state index in [4.69, 9.17) is 11.6 Å². The molecule has 0 aliphatic heterocycles. The van der Waals surface area contributed by atoms with Gasteiger partial charge in [0.05, 0.1) is 22.6 Å². The van der Waals surface area contributed by atoms with Gasteiger partial charge in [0.15, 0.2) is 0 Å². The van der Waals surface area contributed by atoms with E-state index < -0.39 is 16.7 Å². The summed E-state index contributed by atoms with van der Waals surface area (Å²) < 4.78 is 38.6. The molecule has 0 fully saturated rings. The number of nitrogens with zero attached hydrogens (tertiary/aromatic N) is 2. The Hall–Kier alpha value is -2.02. The van der Waals surface area contributed by atoms with Crippen LogP contribution in [0.25, 0.3) is 0 Å². The highest BCUT2D eigenvalue weighted by atomic mass is 35.5. The van der Waals surface area contributed by atoms with Crippen molar-refractivity contribution in [1.82, 2.24) is 4.57 Å². The lowest BCUT2D eigenvalue weighted by molar-refractivity contribution is -0.385. The molecule has 2 aromatic rings. The first-order valence-corrected chi connectivity index (χ1v) is 5.81. The van der Waals surface area contributed by atoms with Crippen molar-refractivity contribution in [1.29, 1.82) is 0 Å². The van der Waals surface area contributed by atoms with Gasteiger partial charge in [-0.25, -0.2) is 0 Å². The van der Waals surface area contributed by atoms with Crippen LogP contribution < -0.4 is 0 Å². The number of hydrogen-bond acceptors (Lipinski definition) is 2. The number of aromatic nitrogens is 1. The third-order valence-electron chi connectivity index (χ3n) is 2.67. The molecular weight excluding hydrogens is 297 g/mol. The molecule has 1 aromatic carbocycles. The number of benzene rings is 1. The summed E-state index contributed by atoms with van der Waals surface area (Å²) in [5, 5.41) is 11.1. The van der Waals surface area contributed by atoms with E-state index in [9.17, 15) is 23.3 Å². The summed E-state index contributed by atoms with van der Waals surface area (Å²) in [6, 6.07) is 4.87. The first-order valence-electron chi connectivity index (χ1n) is 5.43. The van der Waals surface area contributed by atoms with Gasteiger partial charge in [0.2, 0.25) is 0 Å². The van der Waals surface area contributed by atoms with E-state index in [0.29, 0.717) is 0 Å². The van der Waals surface area contributed by atoms with Crippen molar-refractivity contribution < 1.29 is 18.1 Å². The van der Waals surface area contributed by atoms with Crippen LogP contribution in [0.5, 0.6) is 0 Å². The monoisotopic (exact) mass is 304 g/mol. The Labute approximate surface area is 116 Å². The number of rotatable bonds is 3. The zero-order chi connectivity index (χ0) is 14.9. The second kappa shape index (κ2) is 5.16. The third-order valence-corrected chi connectivity index (χ3v) is 2.90. The fraction of sp³-hybridized carbons (Fsp3) is 0.167. The van der Waals surface area contributed by atoms with Gasteiger partial charge < -0.3 is 4.57 Å². The Kier molecular flexibility index (Phi) is 3.71. The van der Waals surface area contributed by atoms with Crippen LogP contribution in [0.3, 0.4) is 0 Å². The molecule has 0 saturated carbocycles. The summed E-state index contributed by atoms with van der Waals surface area (Å²) >= 11 is 5.75. The molecule has 2 rings (SSSR count). The number of nitro groups is 1. The van der Waals surface area contributed by atoms with Gasteiger partial charge in [0.25, 0.3) is 5.69 Å². The van der Waals surface area contributed by atoms with Gasteiger partial charge in [0.1, 0.15) is 0 Å². The van der Waals surface area contributed by atoms with Crippen LogP contribution in [-0.2, 0) is 12.7 Å². The Morgan fingerprint density at radius 1 is 1.30 bits per heavy atom. The molecule has 0 amide bonds. The molecule has 0 spiro atoms. The lowest BCUT2D eigenvalue weighted by atomic mass is 10.2. The summed E-state index contributed by atoms with van der Waals surface area (Å²) in [5.41, 5.74) is -0.745. The zero-order valence-electron chi connectivity index (χ0n) is 9.89. The molecular formula is C12H8ClF3N2O2. The molecule has 1 aromatic heterocycles. The van der Waals surface area contributed by atoms with Gasteiger partial charge in [0, 0.05) is 23.5 Å². The molecule has 4 nitrogen and oxygen atoms in total. The minimum atomic E-state index is -4.44. The van der Waals surface area contributed by atoms with E-state index in [1.165, 1.54) is 29.0 Å². The SMILES string of the molecule is O=[N+]([O-])c1ccc(Cl)cc1Cn1ccc(C(F)(F)F)c1. The Morgan fingerprint density at radius 3 is 2.55 bits per heavy atom. The topological polar surface area (TPSA) is 48.1 Å². The van der Waals surface area contributed by atoms with Gasteiger partial charge in [-0.3, -0.25) is 10.1 Å². The maximum absolute atomic E-state index is 12.5. The predicted molar refractivity (Wildman–Crippen MR) is 66.6 cm³/mol. The number of hydrogen-bond donors (Lipinski definition) is 0. The molecule has 0 bridgehead atoms. The Bertz CT molecular complexity index is 652. The molecule has 20 heavy (non-hydrogen) atoms. The average molecular weight is 305 g/mol. The molecule has 0 N–H and O–H groups in total. The van der Waals surface area contributed by atoms with Crippen LogP contribution in [0.1, 0.15) is 11.1 Å². The lowest BCUT2D eigenvalue weighted by Gasteiger charge is -2.06. The first kappa shape index (κ1) is 14.4. The quantitative estimate of drug-likeness (QED) is 0.632. The van der Waals surface area contributed by atoms with Gasteiger partial charge in [-0.15, -0.1) is 0 Å². The summed E-state index contributed by atoms with van der Waals surface area (Å²) in [7, 11) is 0. The minimum Gasteiger partial charge on any atom is -0.349 e. The fourth-order valence-electron chi connectivity index (χ4n) is 1.76. The van der Waals surface area contributed by atoms with Crippen LogP contribution in [0.4, 0.5) is 18.9 Å². The van der Waals surface area contributed by atoms with Crippen LogP contribution >= 0.6 is 11.6 Å². The van der Waals surface area contributed by atoms with Gasteiger partial charge in [-0.2, -0.15) is 13.2 Å². The highest BCUT2D eigenvalue weighted by molar-refractivity contribution is 6.30. The normalized spacial score (nSPS) is 11.6. The van der Waals surface area contributed by atoms with Crippen molar-refractivity contribution in [3.05, 3.63) is 62.9 Å². The second-order valence-corrected chi connectivity index (χ2v) is 4.54. The molecule has 0 aliphatic carbocycles. The molecule has 1 heterocycles. The number of nitro benzene ring substituents is 1. The summed E-state index contributed by atoms with van der Waals surface area (Å²) in [4.78, 5) is 10.3. The third kappa shape index (κ3) is 3.11. The summed E-state index contributed by atoms with van der Waals surface area (Å²) in [6.07, 6.45) is -2.33. The molecule has 0 radical (unpaired) electrons. The number of halogens is 4. The van der Waals surface area contributed by atoms with Gasteiger partial charge in [-0.1, -0.05) is 11.6 Å². The van der Waals surface area contributed by atoms with Gasteiger partial charge >= 0.3 is 6.18 Å². The van der Waals surface area contributed by atoms with Crippen LogP contribution in [0.15, 0.2) is 36.7 Å². The molecule has 8 heteroatoms. The summed E-state index contributed by atoms with van der Waals surface area (Å²) in [5.74, 6) is 0. The molecule has 0 saturated heterocycles. The van der Waals surface area contributed by atoms with Crippen molar-refractivity contribution in [3.63, 3.8) is 0 Å². The van der Waals surface area contributed by atoms with Crippen molar-refractivity contribution in [2.45, 2.75) is 12.7 Å². The summed E-state index contributed by atoms with van der Waals surface area (Å²) in [6.45, 7) is -0.0625.